The van der Waals surface area contributed by atoms with E-state index in [0.717, 1.165) is 11.3 Å². The summed E-state index contributed by atoms with van der Waals surface area (Å²) >= 11 is 0. The van der Waals surface area contributed by atoms with Gasteiger partial charge in [-0.3, -0.25) is 9.67 Å². The van der Waals surface area contributed by atoms with Gasteiger partial charge < -0.3 is 0 Å². The molecular weight excluding hydrogens is 174 g/mol. The molecule has 2 rings (SSSR count). The first kappa shape index (κ1) is 8.94. The normalized spacial score (nSPS) is 10.5. The van der Waals surface area contributed by atoms with Crippen molar-refractivity contribution in [3.63, 3.8) is 0 Å². The molecule has 14 heavy (non-hydrogen) atoms. The fourth-order valence-electron chi connectivity index (χ4n) is 1.50. The van der Waals surface area contributed by atoms with E-state index in [-0.39, 0.29) is 0 Å². The third-order valence-corrected chi connectivity index (χ3v) is 2.26. The van der Waals surface area contributed by atoms with E-state index in [1.807, 2.05) is 37.2 Å². The van der Waals surface area contributed by atoms with Crippen LogP contribution in [0.5, 0.6) is 0 Å². The molecule has 0 spiro atoms. The Hall–Kier alpha value is -1.64. The van der Waals surface area contributed by atoms with Gasteiger partial charge in [-0.15, -0.1) is 0 Å². The van der Waals surface area contributed by atoms with Gasteiger partial charge >= 0.3 is 0 Å². The van der Waals surface area contributed by atoms with Crippen LogP contribution in [0.25, 0.3) is 11.1 Å². The number of hydrogen-bond acceptors (Lipinski definition) is 2. The highest BCUT2D eigenvalue weighted by Gasteiger charge is 2.04. The third kappa shape index (κ3) is 1.53. The number of nitrogens with zero attached hydrogens (tertiary/aromatic N) is 3. The van der Waals surface area contributed by atoms with Crippen molar-refractivity contribution in [1.82, 2.24) is 14.8 Å². The highest BCUT2D eigenvalue weighted by atomic mass is 15.2. The molecule has 0 bridgehead atoms. The fourth-order valence-corrected chi connectivity index (χ4v) is 1.50. The van der Waals surface area contributed by atoms with Crippen molar-refractivity contribution in [2.45, 2.75) is 13.8 Å². The molecule has 0 aromatic carbocycles. The van der Waals surface area contributed by atoms with Crippen LogP contribution in [-0.4, -0.2) is 14.8 Å². The smallest absolute Gasteiger partial charge is 0.0568 e. The summed E-state index contributed by atoms with van der Waals surface area (Å²) in [7, 11) is 1.92. The lowest BCUT2D eigenvalue weighted by Gasteiger charge is -2.02. The van der Waals surface area contributed by atoms with Crippen LogP contribution in [0.3, 0.4) is 0 Å². The van der Waals surface area contributed by atoms with E-state index in [4.69, 9.17) is 0 Å². The van der Waals surface area contributed by atoms with Crippen molar-refractivity contribution in [3.05, 3.63) is 35.9 Å². The van der Waals surface area contributed by atoms with E-state index in [2.05, 4.69) is 23.1 Å². The van der Waals surface area contributed by atoms with Crippen molar-refractivity contribution < 1.29 is 0 Å². The van der Waals surface area contributed by atoms with E-state index in [0.29, 0.717) is 0 Å². The second-order valence-electron chi connectivity index (χ2n) is 3.54. The molecule has 2 aromatic rings. The van der Waals surface area contributed by atoms with Gasteiger partial charge in [-0.05, 0) is 31.0 Å². The van der Waals surface area contributed by atoms with Crippen molar-refractivity contribution in [1.29, 1.82) is 0 Å². The maximum Gasteiger partial charge on any atom is 0.0568 e. The molecule has 0 aliphatic rings. The van der Waals surface area contributed by atoms with Crippen molar-refractivity contribution in [2.75, 3.05) is 0 Å². The topological polar surface area (TPSA) is 30.7 Å². The molecule has 2 heterocycles. The van der Waals surface area contributed by atoms with Gasteiger partial charge in [0.1, 0.15) is 0 Å². The minimum Gasteiger partial charge on any atom is -0.275 e. The summed E-state index contributed by atoms with van der Waals surface area (Å²) < 4.78 is 1.81. The van der Waals surface area contributed by atoms with Gasteiger partial charge in [0.05, 0.1) is 6.20 Å². The summed E-state index contributed by atoms with van der Waals surface area (Å²) in [4.78, 5) is 4.24. The van der Waals surface area contributed by atoms with E-state index < -0.39 is 0 Å². The molecule has 2 aromatic heterocycles. The second kappa shape index (κ2) is 3.25. The summed E-state index contributed by atoms with van der Waals surface area (Å²) in [5.41, 5.74) is 4.58. The Morgan fingerprint density at radius 3 is 2.64 bits per heavy atom. The fraction of sp³-hybridized carbons (Fsp3) is 0.273. The monoisotopic (exact) mass is 187 g/mol. The molecule has 0 aliphatic carbocycles. The SMILES string of the molecule is Cc1cc(-c2cnn(C)c2)c(C)cn1. The summed E-state index contributed by atoms with van der Waals surface area (Å²) in [6.07, 6.45) is 5.79. The molecule has 0 saturated carbocycles. The largest absolute Gasteiger partial charge is 0.275 e. The van der Waals surface area contributed by atoms with Gasteiger partial charge in [-0.2, -0.15) is 5.10 Å². The zero-order valence-electron chi connectivity index (χ0n) is 8.65. The van der Waals surface area contributed by atoms with E-state index in [1.54, 1.807) is 0 Å². The van der Waals surface area contributed by atoms with E-state index >= 15 is 0 Å². The summed E-state index contributed by atoms with van der Waals surface area (Å²) in [6.45, 7) is 4.06. The third-order valence-electron chi connectivity index (χ3n) is 2.26. The molecule has 0 N–H and O–H groups in total. The quantitative estimate of drug-likeness (QED) is 0.684. The summed E-state index contributed by atoms with van der Waals surface area (Å²) in [5, 5.41) is 4.16. The Kier molecular flexibility index (Phi) is 2.08. The van der Waals surface area contributed by atoms with Crippen LogP contribution in [0, 0.1) is 13.8 Å². The Labute approximate surface area is 83.4 Å². The molecule has 0 fully saturated rings. The lowest BCUT2D eigenvalue weighted by atomic mass is 10.1. The number of aryl methyl sites for hydroxylation is 3. The first-order valence-electron chi connectivity index (χ1n) is 4.59. The van der Waals surface area contributed by atoms with Crippen LogP contribution in [-0.2, 0) is 7.05 Å². The molecule has 0 saturated heterocycles. The first-order chi connectivity index (χ1) is 6.66. The van der Waals surface area contributed by atoms with Crippen LogP contribution in [0.15, 0.2) is 24.7 Å². The maximum absolute atomic E-state index is 4.24. The van der Waals surface area contributed by atoms with E-state index in [9.17, 15) is 0 Å². The minimum atomic E-state index is 1.04. The molecule has 72 valence electrons. The molecule has 0 aliphatic heterocycles. The molecule has 3 nitrogen and oxygen atoms in total. The van der Waals surface area contributed by atoms with Crippen LogP contribution in [0.1, 0.15) is 11.3 Å². The van der Waals surface area contributed by atoms with Crippen LogP contribution in [0.4, 0.5) is 0 Å². The molecule has 0 unspecified atom stereocenters. The molecule has 3 heteroatoms. The predicted molar refractivity (Wildman–Crippen MR) is 55.9 cm³/mol. The molecule has 0 radical (unpaired) electrons. The lowest BCUT2D eigenvalue weighted by Crippen LogP contribution is -1.87. The summed E-state index contributed by atoms with van der Waals surface area (Å²) in [6, 6.07) is 2.09. The Balaban J connectivity index is 2.55. The highest BCUT2D eigenvalue weighted by Crippen LogP contribution is 2.22. The lowest BCUT2D eigenvalue weighted by molar-refractivity contribution is 0.768. The van der Waals surface area contributed by atoms with Crippen molar-refractivity contribution in [2.24, 2.45) is 7.05 Å². The minimum absolute atomic E-state index is 1.04. The van der Waals surface area contributed by atoms with Gasteiger partial charge in [-0.25, -0.2) is 0 Å². The zero-order chi connectivity index (χ0) is 10.1. The Bertz CT molecular complexity index is 457. The molecular formula is C11H13N3. The number of hydrogen-bond donors (Lipinski definition) is 0. The van der Waals surface area contributed by atoms with Crippen LogP contribution >= 0.6 is 0 Å². The Morgan fingerprint density at radius 1 is 1.21 bits per heavy atom. The average molecular weight is 187 g/mol. The van der Waals surface area contributed by atoms with Crippen LogP contribution < -0.4 is 0 Å². The zero-order valence-corrected chi connectivity index (χ0v) is 8.65. The predicted octanol–water partition coefficient (Wildman–Crippen LogP) is 2.10. The molecule has 0 amide bonds. The Morgan fingerprint density at radius 2 is 2.00 bits per heavy atom. The van der Waals surface area contributed by atoms with Gasteiger partial charge in [0.15, 0.2) is 0 Å². The standard InChI is InChI=1S/C11H13N3/c1-8-5-12-9(2)4-11(8)10-6-13-14(3)7-10/h4-7H,1-3H3. The van der Waals surface area contributed by atoms with Crippen LogP contribution in [0.2, 0.25) is 0 Å². The number of pyridine rings is 1. The average Bonchev–Trinajstić information content (AvgIpc) is 2.56. The second-order valence-corrected chi connectivity index (χ2v) is 3.54. The maximum atomic E-state index is 4.24. The van der Waals surface area contributed by atoms with Crippen molar-refractivity contribution in [3.8, 4) is 11.1 Å². The first-order valence-corrected chi connectivity index (χ1v) is 4.59. The number of aromatic nitrogens is 3. The number of rotatable bonds is 1. The van der Waals surface area contributed by atoms with Gasteiger partial charge in [0.2, 0.25) is 0 Å². The van der Waals surface area contributed by atoms with Gasteiger partial charge in [0.25, 0.3) is 0 Å². The van der Waals surface area contributed by atoms with Gasteiger partial charge in [-0.1, -0.05) is 0 Å². The highest BCUT2D eigenvalue weighted by molar-refractivity contribution is 5.65. The van der Waals surface area contributed by atoms with Gasteiger partial charge in [0, 0.05) is 30.7 Å². The summed E-state index contributed by atoms with van der Waals surface area (Å²) in [5.74, 6) is 0. The van der Waals surface area contributed by atoms with E-state index in [1.165, 1.54) is 11.1 Å². The van der Waals surface area contributed by atoms with Crippen molar-refractivity contribution >= 4 is 0 Å². The molecule has 0 atom stereocenters.